The Bertz CT molecular complexity index is 280. The third kappa shape index (κ3) is 3.95. The maximum absolute atomic E-state index is 11.9. The van der Waals surface area contributed by atoms with Crippen LogP contribution in [0.4, 0.5) is 0 Å². The summed E-state index contributed by atoms with van der Waals surface area (Å²) in [6, 6.07) is 0.199. The highest BCUT2D eigenvalue weighted by Gasteiger charge is 2.37. The summed E-state index contributed by atoms with van der Waals surface area (Å²) in [6.07, 6.45) is 4.72. The molecule has 2 atom stereocenters. The lowest BCUT2D eigenvalue weighted by Gasteiger charge is -2.45. The number of nitrogens with two attached hydrogens (primary N) is 1. The first kappa shape index (κ1) is 15.4. The number of rotatable bonds is 5. The van der Waals surface area contributed by atoms with Crippen LogP contribution >= 0.6 is 0 Å². The van der Waals surface area contributed by atoms with E-state index in [1.165, 1.54) is 12.8 Å². The van der Waals surface area contributed by atoms with Crippen molar-refractivity contribution in [2.24, 2.45) is 11.7 Å². The molecule has 0 aromatic rings. The van der Waals surface area contributed by atoms with Crippen molar-refractivity contribution in [1.29, 1.82) is 0 Å². The molecule has 4 nitrogen and oxygen atoms in total. The molecular weight excluding hydrogens is 226 g/mol. The molecule has 0 spiro atoms. The summed E-state index contributed by atoms with van der Waals surface area (Å²) in [7, 11) is 2.03. The highest BCUT2D eigenvalue weighted by molar-refractivity contribution is 5.78. The van der Waals surface area contributed by atoms with E-state index in [0.717, 1.165) is 12.8 Å². The van der Waals surface area contributed by atoms with Crippen LogP contribution < -0.4 is 11.1 Å². The Morgan fingerprint density at radius 3 is 2.72 bits per heavy atom. The van der Waals surface area contributed by atoms with Gasteiger partial charge in [0.1, 0.15) is 0 Å². The molecule has 3 N–H and O–H groups in total. The summed E-state index contributed by atoms with van der Waals surface area (Å²) in [5.74, 6) is 0.802. The van der Waals surface area contributed by atoms with Gasteiger partial charge in [-0.25, -0.2) is 0 Å². The minimum Gasteiger partial charge on any atom is -0.353 e. The lowest BCUT2D eigenvalue weighted by molar-refractivity contribution is -0.124. The lowest BCUT2D eigenvalue weighted by Crippen LogP contribution is -2.57. The minimum absolute atomic E-state index is 0.0198. The van der Waals surface area contributed by atoms with E-state index in [4.69, 9.17) is 5.73 Å². The van der Waals surface area contributed by atoms with E-state index < -0.39 is 0 Å². The Balaban J connectivity index is 2.61. The molecule has 0 bridgehead atoms. The van der Waals surface area contributed by atoms with Crippen LogP contribution in [0.1, 0.15) is 46.5 Å². The maximum Gasteiger partial charge on any atom is 0.234 e. The summed E-state index contributed by atoms with van der Waals surface area (Å²) in [5, 5.41) is 2.94. The SMILES string of the molecule is CC1CCCC(CN)(N(C)CC(=O)NC(C)C)C1. The molecule has 1 rings (SSSR count). The zero-order valence-corrected chi connectivity index (χ0v) is 12.3. The molecular formula is C14H29N3O. The Morgan fingerprint density at radius 2 is 2.22 bits per heavy atom. The summed E-state index contributed by atoms with van der Waals surface area (Å²) in [4.78, 5) is 14.0. The molecule has 1 aliphatic carbocycles. The molecule has 1 aliphatic rings. The van der Waals surface area contributed by atoms with Crippen LogP contribution in [-0.2, 0) is 4.79 Å². The predicted octanol–water partition coefficient (Wildman–Crippen LogP) is 1.35. The van der Waals surface area contributed by atoms with Crippen LogP contribution in [0.2, 0.25) is 0 Å². The van der Waals surface area contributed by atoms with Crippen molar-refractivity contribution in [3.8, 4) is 0 Å². The van der Waals surface area contributed by atoms with Crippen LogP contribution in [0.3, 0.4) is 0 Å². The highest BCUT2D eigenvalue weighted by Crippen LogP contribution is 2.35. The fraction of sp³-hybridized carbons (Fsp3) is 0.929. The normalized spacial score (nSPS) is 28.7. The molecule has 0 aromatic heterocycles. The van der Waals surface area contributed by atoms with Gasteiger partial charge in [0.25, 0.3) is 0 Å². The zero-order chi connectivity index (χ0) is 13.8. The number of nitrogens with one attached hydrogen (secondary N) is 1. The first-order valence-electron chi connectivity index (χ1n) is 7.10. The second kappa shape index (κ2) is 6.53. The number of nitrogens with zero attached hydrogens (tertiary/aromatic N) is 1. The van der Waals surface area contributed by atoms with Crippen molar-refractivity contribution in [3.63, 3.8) is 0 Å². The van der Waals surface area contributed by atoms with Gasteiger partial charge in [-0.05, 0) is 39.7 Å². The molecule has 1 saturated carbocycles. The van der Waals surface area contributed by atoms with Gasteiger partial charge < -0.3 is 11.1 Å². The topological polar surface area (TPSA) is 58.4 Å². The molecule has 1 amide bonds. The van der Waals surface area contributed by atoms with E-state index >= 15 is 0 Å². The van der Waals surface area contributed by atoms with Crippen LogP contribution in [0.25, 0.3) is 0 Å². The lowest BCUT2D eigenvalue weighted by atomic mass is 9.75. The van der Waals surface area contributed by atoms with Crippen LogP contribution in [-0.4, -0.2) is 42.5 Å². The molecule has 0 heterocycles. The van der Waals surface area contributed by atoms with E-state index in [9.17, 15) is 4.79 Å². The number of carbonyl (C=O) groups is 1. The second-order valence-electron chi connectivity index (χ2n) is 6.21. The number of amides is 1. The Hall–Kier alpha value is -0.610. The number of hydrogen-bond acceptors (Lipinski definition) is 3. The van der Waals surface area contributed by atoms with E-state index in [1.807, 2.05) is 20.9 Å². The number of hydrogen-bond donors (Lipinski definition) is 2. The van der Waals surface area contributed by atoms with Crippen LogP contribution in [0, 0.1) is 5.92 Å². The van der Waals surface area contributed by atoms with Gasteiger partial charge in [0, 0.05) is 18.1 Å². The average Bonchev–Trinajstić information content (AvgIpc) is 2.27. The fourth-order valence-electron chi connectivity index (χ4n) is 3.07. The smallest absolute Gasteiger partial charge is 0.234 e. The Labute approximate surface area is 111 Å². The van der Waals surface area contributed by atoms with Gasteiger partial charge >= 0.3 is 0 Å². The standard InChI is InChI=1S/C14H29N3O/c1-11(2)16-13(18)9-17(4)14(10-15)7-5-6-12(3)8-14/h11-12H,5-10,15H2,1-4H3,(H,16,18). The summed E-state index contributed by atoms with van der Waals surface area (Å²) in [6.45, 7) is 7.34. The molecule has 0 saturated heterocycles. The van der Waals surface area contributed by atoms with Gasteiger partial charge in [0.05, 0.1) is 6.54 Å². The number of carbonyl (C=O) groups excluding carboxylic acids is 1. The fourth-order valence-corrected chi connectivity index (χ4v) is 3.07. The van der Waals surface area contributed by atoms with Gasteiger partial charge in [-0.2, -0.15) is 0 Å². The summed E-state index contributed by atoms with van der Waals surface area (Å²) >= 11 is 0. The summed E-state index contributed by atoms with van der Waals surface area (Å²) < 4.78 is 0. The van der Waals surface area contributed by atoms with Gasteiger partial charge in [0.2, 0.25) is 5.91 Å². The molecule has 2 unspecified atom stereocenters. The van der Waals surface area contributed by atoms with E-state index in [0.29, 0.717) is 19.0 Å². The Morgan fingerprint density at radius 1 is 1.56 bits per heavy atom. The van der Waals surface area contributed by atoms with Crippen molar-refractivity contribution >= 4 is 5.91 Å². The van der Waals surface area contributed by atoms with Crippen molar-refractivity contribution in [1.82, 2.24) is 10.2 Å². The van der Waals surface area contributed by atoms with Crippen molar-refractivity contribution in [2.75, 3.05) is 20.1 Å². The maximum atomic E-state index is 11.9. The van der Waals surface area contributed by atoms with Crippen molar-refractivity contribution in [3.05, 3.63) is 0 Å². The van der Waals surface area contributed by atoms with E-state index in [1.54, 1.807) is 0 Å². The van der Waals surface area contributed by atoms with Crippen LogP contribution in [0.15, 0.2) is 0 Å². The third-order valence-corrected chi connectivity index (χ3v) is 4.09. The number of likely N-dealkylation sites (N-methyl/N-ethyl adjacent to an activating group) is 1. The molecule has 0 aromatic carbocycles. The molecule has 106 valence electrons. The van der Waals surface area contributed by atoms with Crippen LogP contribution in [0.5, 0.6) is 0 Å². The highest BCUT2D eigenvalue weighted by atomic mass is 16.2. The molecule has 0 aliphatic heterocycles. The van der Waals surface area contributed by atoms with E-state index in [-0.39, 0.29) is 17.5 Å². The third-order valence-electron chi connectivity index (χ3n) is 4.09. The summed E-state index contributed by atoms with van der Waals surface area (Å²) in [5.41, 5.74) is 6.02. The largest absolute Gasteiger partial charge is 0.353 e. The zero-order valence-electron chi connectivity index (χ0n) is 12.3. The first-order valence-corrected chi connectivity index (χ1v) is 7.10. The van der Waals surface area contributed by atoms with Gasteiger partial charge in [0.15, 0.2) is 0 Å². The second-order valence-corrected chi connectivity index (χ2v) is 6.21. The quantitative estimate of drug-likeness (QED) is 0.779. The average molecular weight is 255 g/mol. The van der Waals surface area contributed by atoms with Gasteiger partial charge in [-0.1, -0.05) is 19.8 Å². The molecule has 1 fully saturated rings. The van der Waals surface area contributed by atoms with Gasteiger partial charge in [-0.3, -0.25) is 9.69 Å². The van der Waals surface area contributed by atoms with Crippen molar-refractivity contribution in [2.45, 2.75) is 58.0 Å². The van der Waals surface area contributed by atoms with E-state index in [2.05, 4.69) is 17.1 Å². The molecule has 0 radical (unpaired) electrons. The minimum atomic E-state index is 0.0198. The van der Waals surface area contributed by atoms with Crippen molar-refractivity contribution < 1.29 is 4.79 Å². The Kier molecular flexibility index (Phi) is 5.60. The molecule has 4 heteroatoms. The van der Waals surface area contributed by atoms with Gasteiger partial charge in [-0.15, -0.1) is 0 Å². The first-order chi connectivity index (χ1) is 8.39. The molecule has 18 heavy (non-hydrogen) atoms. The monoisotopic (exact) mass is 255 g/mol. The predicted molar refractivity (Wildman–Crippen MR) is 75.3 cm³/mol.